The van der Waals surface area contributed by atoms with Crippen LogP contribution in [0.5, 0.6) is 5.75 Å². The van der Waals surface area contributed by atoms with Gasteiger partial charge in [0.25, 0.3) is 0 Å². The summed E-state index contributed by atoms with van der Waals surface area (Å²) in [4.78, 5) is 0. The van der Waals surface area contributed by atoms with E-state index < -0.39 is 0 Å². The maximum absolute atomic E-state index is 9.63. The standard InChI is InChI=1S/C13H7Br2Cl3N2O/c14-8-1-6(2-9(15)13(8)21)5-19-20-12-10(17)3-7(16)4-11(12)18/h1-5,20-21H/b19-5-. The summed E-state index contributed by atoms with van der Waals surface area (Å²) < 4.78 is 1.11. The lowest BCUT2D eigenvalue weighted by Crippen LogP contribution is -1.93. The second kappa shape index (κ2) is 7.20. The summed E-state index contributed by atoms with van der Waals surface area (Å²) in [6.45, 7) is 0. The number of rotatable bonds is 3. The summed E-state index contributed by atoms with van der Waals surface area (Å²) in [7, 11) is 0. The van der Waals surface area contributed by atoms with Crippen LogP contribution in [0.25, 0.3) is 0 Å². The van der Waals surface area contributed by atoms with Gasteiger partial charge in [-0.05, 0) is 61.7 Å². The average Bonchev–Trinajstić information content (AvgIpc) is 2.38. The van der Waals surface area contributed by atoms with Crippen LogP contribution in [-0.4, -0.2) is 11.3 Å². The van der Waals surface area contributed by atoms with Gasteiger partial charge in [-0.15, -0.1) is 0 Å². The quantitative estimate of drug-likeness (QED) is 0.405. The Balaban J connectivity index is 2.20. The van der Waals surface area contributed by atoms with E-state index in [-0.39, 0.29) is 5.75 Å². The van der Waals surface area contributed by atoms with Gasteiger partial charge in [0.2, 0.25) is 0 Å². The normalized spacial score (nSPS) is 11.1. The van der Waals surface area contributed by atoms with E-state index in [1.807, 2.05) is 0 Å². The molecule has 0 saturated heterocycles. The molecule has 0 aliphatic rings. The number of hydrogen-bond acceptors (Lipinski definition) is 3. The van der Waals surface area contributed by atoms with Crippen LogP contribution >= 0.6 is 66.7 Å². The van der Waals surface area contributed by atoms with E-state index >= 15 is 0 Å². The molecule has 0 spiro atoms. The van der Waals surface area contributed by atoms with Crippen molar-refractivity contribution >= 4 is 78.6 Å². The molecule has 0 heterocycles. The largest absolute Gasteiger partial charge is 0.506 e. The van der Waals surface area contributed by atoms with Crippen LogP contribution in [-0.2, 0) is 0 Å². The first-order chi connectivity index (χ1) is 9.88. The number of aromatic hydroxyl groups is 1. The lowest BCUT2D eigenvalue weighted by atomic mass is 10.2. The van der Waals surface area contributed by atoms with Crippen LogP contribution in [0.3, 0.4) is 0 Å². The number of benzene rings is 2. The molecule has 0 fully saturated rings. The molecule has 21 heavy (non-hydrogen) atoms. The minimum absolute atomic E-state index is 0.129. The number of hydrogen-bond donors (Lipinski definition) is 2. The fourth-order valence-corrected chi connectivity index (χ4v) is 3.60. The van der Waals surface area contributed by atoms with Gasteiger partial charge >= 0.3 is 0 Å². The van der Waals surface area contributed by atoms with E-state index in [0.717, 1.165) is 5.56 Å². The first-order valence-electron chi connectivity index (χ1n) is 5.50. The van der Waals surface area contributed by atoms with Crippen LogP contribution in [0.2, 0.25) is 15.1 Å². The second-order valence-corrected chi connectivity index (χ2v) is 6.91. The van der Waals surface area contributed by atoms with Gasteiger partial charge in [0, 0.05) is 5.02 Å². The minimum Gasteiger partial charge on any atom is -0.506 e. The Bertz CT molecular complexity index is 677. The monoisotopic (exact) mass is 470 g/mol. The van der Waals surface area contributed by atoms with E-state index in [1.54, 1.807) is 30.5 Å². The maximum atomic E-state index is 9.63. The Labute approximate surface area is 153 Å². The van der Waals surface area contributed by atoms with Crippen molar-refractivity contribution in [1.82, 2.24) is 0 Å². The summed E-state index contributed by atoms with van der Waals surface area (Å²) in [6.07, 6.45) is 1.57. The van der Waals surface area contributed by atoms with Gasteiger partial charge in [0.15, 0.2) is 0 Å². The van der Waals surface area contributed by atoms with Gasteiger partial charge < -0.3 is 5.11 Å². The van der Waals surface area contributed by atoms with Crippen LogP contribution in [0.1, 0.15) is 5.56 Å². The van der Waals surface area contributed by atoms with Crippen molar-refractivity contribution < 1.29 is 5.11 Å². The summed E-state index contributed by atoms with van der Waals surface area (Å²) in [5.74, 6) is 0.129. The lowest BCUT2D eigenvalue weighted by Gasteiger charge is -2.06. The van der Waals surface area contributed by atoms with E-state index in [2.05, 4.69) is 42.4 Å². The SMILES string of the molecule is Oc1c(Br)cc(/C=N\Nc2c(Cl)cc(Cl)cc2Cl)cc1Br. The van der Waals surface area contributed by atoms with Gasteiger partial charge in [0.05, 0.1) is 30.9 Å². The third-order valence-corrected chi connectivity index (χ3v) is 4.46. The molecule has 8 heteroatoms. The first-order valence-corrected chi connectivity index (χ1v) is 8.22. The van der Waals surface area contributed by atoms with Gasteiger partial charge in [0.1, 0.15) is 5.75 Å². The molecule has 0 aromatic heterocycles. The predicted octanol–water partition coefficient (Wildman–Crippen LogP) is 6.32. The molecule has 0 radical (unpaired) electrons. The lowest BCUT2D eigenvalue weighted by molar-refractivity contribution is 0.468. The number of nitrogens with zero attached hydrogens (tertiary/aromatic N) is 1. The minimum atomic E-state index is 0.129. The number of halogens is 5. The molecular weight excluding hydrogens is 466 g/mol. The van der Waals surface area contributed by atoms with Crippen molar-refractivity contribution in [2.24, 2.45) is 5.10 Å². The first kappa shape index (κ1) is 16.9. The van der Waals surface area contributed by atoms with E-state index in [0.29, 0.717) is 29.7 Å². The zero-order valence-electron chi connectivity index (χ0n) is 10.2. The zero-order valence-corrected chi connectivity index (χ0v) is 15.6. The van der Waals surface area contributed by atoms with Crippen LogP contribution < -0.4 is 5.43 Å². The van der Waals surface area contributed by atoms with Crippen molar-refractivity contribution in [3.05, 3.63) is 53.8 Å². The molecule has 0 aliphatic carbocycles. The zero-order chi connectivity index (χ0) is 15.6. The van der Waals surface area contributed by atoms with Crippen LogP contribution in [0, 0.1) is 0 Å². The molecule has 2 aromatic carbocycles. The third-order valence-electron chi connectivity index (χ3n) is 2.44. The van der Waals surface area contributed by atoms with Gasteiger partial charge in [-0.25, -0.2) is 0 Å². The Kier molecular flexibility index (Phi) is 5.80. The smallest absolute Gasteiger partial charge is 0.143 e. The van der Waals surface area contributed by atoms with Crippen molar-refractivity contribution in [2.75, 3.05) is 5.43 Å². The molecule has 110 valence electrons. The van der Waals surface area contributed by atoms with Crippen LogP contribution in [0.15, 0.2) is 38.3 Å². The molecule has 2 N–H and O–H groups in total. The Hall–Kier alpha value is -0.460. The van der Waals surface area contributed by atoms with Gasteiger partial charge in [-0.2, -0.15) is 5.10 Å². The summed E-state index contributed by atoms with van der Waals surface area (Å²) in [5.41, 5.74) is 4.00. The van der Waals surface area contributed by atoms with Gasteiger partial charge in [-0.1, -0.05) is 34.8 Å². The molecule has 2 rings (SSSR count). The summed E-state index contributed by atoms with van der Waals surface area (Å²) in [5, 5.41) is 14.9. The number of phenolic OH excluding ortho intramolecular Hbond substituents is 1. The van der Waals surface area contributed by atoms with Gasteiger partial charge in [-0.3, -0.25) is 5.43 Å². The third kappa shape index (κ3) is 4.27. The highest BCUT2D eigenvalue weighted by Crippen LogP contribution is 2.34. The maximum Gasteiger partial charge on any atom is 0.143 e. The topological polar surface area (TPSA) is 44.6 Å². The fourth-order valence-electron chi connectivity index (χ4n) is 1.48. The predicted molar refractivity (Wildman–Crippen MR) is 96.2 cm³/mol. The number of anilines is 1. The average molecular weight is 473 g/mol. The molecule has 0 unspecified atom stereocenters. The molecule has 2 aromatic rings. The number of phenols is 1. The van der Waals surface area contributed by atoms with Crippen LogP contribution in [0.4, 0.5) is 5.69 Å². The van der Waals surface area contributed by atoms with E-state index in [4.69, 9.17) is 34.8 Å². The van der Waals surface area contributed by atoms with Crippen molar-refractivity contribution in [3.63, 3.8) is 0 Å². The molecular formula is C13H7Br2Cl3N2O. The Morgan fingerprint density at radius 2 is 1.52 bits per heavy atom. The Morgan fingerprint density at radius 1 is 1.00 bits per heavy atom. The molecule has 0 amide bonds. The van der Waals surface area contributed by atoms with Crippen molar-refractivity contribution in [1.29, 1.82) is 0 Å². The molecule has 0 aliphatic heterocycles. The summed E-state index contributed by atoms with van der Waals surface area (Å²) >= 11 is 24.4. The molecule has 0 atom stereocenters. The highest BCUT2D eigenvalue weighted by Gasteiger charge is 2.07. The van der Waals surface area contributed by atoms with E-state index in [9.17, 15) is 5.11 Å². The fraction of sp³-hybridized carbons (Fsp3) is 0. The summed E-state index contributed by atoms with van der Waals surface area (Å²) in [6, 6.07) is 6.58. The number of nitrogens with one attached hydrogen (secondary N) is 1. The number of hydrazone groups is 1. The highest BCUT2D eigenvalue weighted by atomic mass is 79.9. The van der Waals surface area contributed by atoms with E-state index in [1.165, 1.54) is 0 Å². The van der Waals surface area contributed by atoms with Crippen molar-refractivity contribution in [2.45, 2.75) is 0 Å². The Morgan fingerprint density at radius 3 is 2.05 bits per heavy atom. The second-order valence-electron chi connectivity index (χ2n) is 3.95. The molecule has 3 nitrogen and oxygen atoms in total. The molecule has 0 saturated carbocycles. The highest BCUT2D eigenvalue weighted by molar-refractivity contribution is 9.11. The molecule has 0 bridgehead atoms. The van der Waals surface area contributed by atoms with Crippen molar-refractivity contribution in [3.8, 4) is 5.75 Å².